The fraction of sp³-hybridized carbons (Fsp3) is 0.588. The van der Waals surface area contributed by atoms with Gasteiger partial charge in [0, 0.05) is 57.7 Å². The van der Waals surface area contributed by atoms with Gasteiger partial charge in [-0.05, 0) is 25.8 Å². The largest absolute Gasteiger partial charge is 0.372 e. The second-order valence-corrected chi connectivity index (χ2v) is 6.18. The summed E-state index contributed by atoms with van der Waals surface area (Å²) in [4.78, 5) is 8.67. The molecule has 6 heteroatoms. The number of nitrogens with one attached hydrogen (secondary N) is 1. The van der Waals surface area contributed by atoms with Crippen molar-refractivity contribution in [3.05, 3.63) is 41.7 Å². The minimum absolute atomic E-state index is 0.142. The van der Waals surface area contributed by atoms with Crippen LogP contribution in [0.4, 0.5) is 0 Å². The normalized spacial score (nSPS) is 21.5. The number of rotatable bonds is 6. The van der Waals surface area contributed by atoms with Gasteiger partial charge < -0.3 is 10.1 Å². The van der Waals surface area contributed by atoms with Crippen molar-refractivity contribution in [2.75, 3.05) is 19.7 Å². The smallest absolute Gasteiger partial charge is 0.103 e. The summed E-state index contributed by atoms with van der Waals surface area (Å²) >= 11 is 0. The van der Waals surface area contributed by atoms with Crippen LogP contribution in [0.1, 0.15) is 36.0 Å². The Hall–Kier alpha value is -1.79. The van der Waals surface area contributed by atoms with E-state index in [0.717, 1.165) is 43.9 Å². The van der Waals surface area contributed by atoms with Crippen LogP contribution in [0.5, 0.6) is 0 Å². The Morgan fingerprint density at radius 2 is 2.26 bits per heavy atom. The van der Waals surface area contributed by atoms with Gasteiger partial charge in [0.2, 0.25) is 0 Å². The Morgan fingerprint density at radius 1 is 1.35 bits per heavy atom. The van der Waals surface area contributed by atoms with Crippen LogP contribution in [0.2, 0.25) is 0 Å². The quantitative estimate of drug-likeness (QED) is 0.824. The zero-order valence-corrected chi connectivity index (χ0v) is 13.9. The summed E-state index contributed by atoms with van der Waals surface area (Å²) in [5, 5.41) is 7.82. The van der Waals surface area contributed by atoms with Crippen LogP contribution in [0, 0.1) is 12.8 Å². The Bertz CT molecular complexity index is 610. The minimum atomic E-state index is 0.142. The molecule has 1 saturated heterocycles. The molecule has 0 aliphatic carbocycles. The van der Waals surface area contributed by atoms with Crippen molar-refractivity contribution in [3.63, 3.8) is 0 Å². The summed E-state index contributed by atoms with van der Waals surface area (Å²) in [6, 6.07) is 2.06. The summed E-state index contributed by atoms with van der Waals surface area (Å²) in [6.07, 6.45) is 8.88. The maximum atomic E-state index is 6.02. The Labute approximate surface area is 137 Å². The molecule has 3 rings (SSSR count). The van der Waals surface area contributed by atoms with Crippen LogP contribution in [0.25, 0.3) is 0 Å². The number of ether oxygens (including phenoxy) is 1. The van der Waals surface area contributed by atoms with E-state index < -0.39 is 0 Å². The third kappa shape index (κ3) is 4.14. The highest BCUT2D eigenvalue weighted by molar-refractivity contribution is 5.07. The van der Waals surface area contributed by atoms with Gasteiger partial charge >= 0.3 is 0 Å². The molecule has 1 N–H and O–H groups in total. The molecule has 1 fully saturated rings. The van der Waals surface area contributed by atoms with E-state index in [2.05, 4.69) is 26.4 Å². The number of hydrogen-bond donors (Lipinski definition) is 1. The zero-order chi connectivity index (χ0) is 16.1. The first kappa shape index (κ1) is 16.1. The van der Waals surface area contributed by atoms with Crippen LogP contribution < -0.4 is 5.32 Å². The average molecular weight is 315 g/mol. The lowest BCUT2D eigenvalue weighted by Gasteiger charge is -2.32. The molecule has 23 heavy (non-hydrogen) atoms. The van der Waals surface area contributed by atoms with Crippen molar-refractivity contribution in [1.29, 1.82) is 0 Å². The average Bonchev–Trinajstić information content (AvgIpc) is 2.99. The molecule has 0 radical (unpaired) electrons. The van der Waals surface area contributed by atoms with Crippen molar-refractivity contribution >= 4 is 0 Å². The van der Waals surface area contributed by atoms with Gasteiger partial charge in [0.05, 0.1) is 17.1 Å². The van der Waals surface area contributed by atoms with E-state index in [-0.39, 0.29) is 6.10 Å². The highest BCUT2D eigenvalue weighted by atomic mass is 16.5. The maximum absolute atomic E-state index is 6.02. The first-order valence-corrected chi connectivity index (χ1v) is 8.32. The van der Waals surface area contributed by atoms with Crippen molar-refractivity contribution in [3.8, 4) is 0 Å². The standard InChI is InChI=1S/C17H25N5O/c1-13-10-20-15(12-19-13)5-7-18-11-14-4-3-9-23-17(14)16-6-8-21-22(16)2/h6,8,10,12,14,17-18H,3-5,7,9,11H2,1-2H3/t14-,17+/m0/s1. The Kier molecular flexibility index (Phi) is 5.35. The molecule has 2 atom stereocenters. The molecule has 1 aliphatic heterocycles. The summed E-state index contributed by atoms with van der Waals surface area (Å²) in [6.45, 7) is 4.66. The second-order valence-electron chi connectivity index (χ2n) is 6.18. The van der Waals surface area contributed by atoms with Crippen LogP contribution in [-0.2, 0) is 18.2 Å². The third-order valence-electron chi connectivity index (χ3n) is 4.39. The van der Waals surface area contributed by atoms with Crippen molar-refractivity contribution in [2.24, 2.45) is 13.0 Å². The van der Waals surface area contributed by atoms with Crippen molar-refractivity contribution in [2.45, 2.75) is 32.3 Å². The predicted octanol–water partition coefficient (Wildman–Crippen LogP) is 1.82. The number of nitrogens with zero attached hydrogens (tertiary/aromatic N) is 4. The van der Waals surface area contributed by atoms with Gasteiger partial charge in [-0.3, -0.25) is 14.6 Å². The van der Waals surface area contributed by atoms with Crippen LogP contribution >= 0.6 is 0 Å². The molecule has 0 amide bonds. The maximum Gasteiger partial charge on any atom is 0.103 e. The Morgan fingerprint density at radius 3 is 3.00 bits per heavy atom. The molecule has 124 valence electrons. The van der Waals surface area contributed by atoms with Gasteiger partial charge in [0.1, 0.15) is 6.10 Å². The van der Waals surface area contributed by atoms with Crippen molar-refractivity contribution < 1.29 is 4.74 Å². The number of hydrogen-bond acceptors (Lipinski definition) is 5. The molecule has 2 aromatic heterocycles. The van der Waals surface area contributed by atoms with Gasteiger partial charge in [-0.25, -0.2) is 0 Å². The molecular weight excluding hydrogens is 290 g/mol. The van der Waals surface area contributed by atoms with Gasteiger partial charge in [0.15, 0.2) is 0 Å². The van der Waals surface area contributed by atoms with E-state index in [4.69, 9.17) is 4.74 Å². The lowest BCUT2D eigenvalue weighted by atomic mass is 9.92. The molecular formula is C17H25N5O. The van der Waals surface area contributed by atoms with E-state index in [1.54, 1.807) is 0 Å². The lowest BCUT2D eigenvalue weighted by Crippen LogP contribution is -2.33. The molecule has 0 bridgehead atoms. The SMILES string of the molecule is Cc1cnc(CCNC[C@@H]2CCCO[C@H]2c2ccnn2C)cn1. The van der Waals surface area contributed by atoms with E-state index in [9.17, 15) is 0 Å². The molecule has 0 saturated carbocycles. The highest BCUT2D eigenvalue weighted by Crippen LogP contribution is 2.32. The molecule has 1 aliphatic rings. The van der Waals surface area contributed by atoms with Gasteiger partial charge in [0.25, 0.3) is 0 Å². The summed E-state index contributed by atoms with van der Waals surface area (Å²) in [5.41, 5.74) is 3.16. The van der Waals surface area contributed by atoms with Crippen molar-refractivity contribution in [1.82, 2.24) is 25.1 Å². The molecule has 3 heterocycles. The number of aromatic nitrogens is 4. The molecule has 2 aromatic rings. The third-order valence-corrected chi connectivity index (χ3v) is 4.39. The first-order valence-electron chi connectivity index (χ1n) is 8.32. The van der Waals surface area contributed by atoms with E-state index in [0.29, 0.717) is 5.92 Å². The van der Waals surface area contributed by atoms with E-state index >= 15 is 0 Å². The number of aryl methyl sites for hydroxylation is 2. The van der Waals surface area contributed by atoms with Crippen LogP contribution in [0.15, 0.2) is 24.7 Å². The first-order chi connectivity index (χ1) is 11.2. The predicted molar refractivity (Wildman–Crippen MR) is 88.0 cm³/mol. The zero-order valence-electron chi connectivity index (χ0n) is 13.9. The van der Waals surface area contributed by atoms with Crippen LogP contribution in [-0.4, -0.2) is 39.4 Å². The topological polar surface area (TPSA) is 64.9 Å². The van der Waals surface area contributed by atoms with E-state index in [1.807, 2.05) is 37.2 Å². The summed E-state index contributed by atoms with van der Waals surface area (Å²) < 4.78 is 7.94. The van der Waals surface area contributed by atoms with Gasteiger partial charge in [-0.2, -0.15) is 5.10 Å². The summed E-state index contributed by atoms with van der Waals surface area (Å²) in [5.74, 6) is 0.489. The lowest BCUT2D eigenvalue weighted by molar-refractivity contribution is -0.0321. The second kappa shape index (κ2) is 7.66. The summed E-state index contributed by atoms with van der Waals surface area (Å²) in [7, 11) is 1.98. The fourth-order valence-electron chi connectivity index (χ4n) is 3.09. The molecule has 0 unspecified atom stereocenters. The van der Waals surface area contributed by atoms with E-state index in [1.165, 1.54) is 12.1 Å². The fourth-order valence-corrected chi connectivity index (χ4v) is 3.09. The molecule has 0 aromatic carbocycles. The van der Waals surface area contributed by atoms with Gasteiger partial charge in [-0.15, -0.1) is 0 Å². The molecule has 0 spiro atoms. The highest BCUT2D eigenvalue weighted by Gasteiger charge is 2.29. The Balaban J connectivity index is 1.50. The minimum Gasteiger partial charge on any atom is -0.372 e. The van der Waals surface area contributed by atoms with Gasteiger partial charge in [-0.1, -0.05) is 0 Å². The molecule has 6 nitrogen and oxygen atoms in total. The monoisotopic (exact) mass is 315 g/mol. The van der Waals surface area contributed by atoms with Crippen LogP contribution in [0.3, 0.4) is 0 Å².